The van der Waals surface area contributed by atoms with E-state index in [0.29, 0.717) is 18.5 Å². The normalized spacial score (nSPS) is 23.9. The molecule has 1 aliphatic heterocycles. The van der Waals surface area contributed by atoms with Crippen molar-refractivity contribution < 1.29 is 4.79 Å². The molecule has 1 saturated carbocycles. The van der Waals surface area contributed by atoms with Gasteiger partial charge in [0.2, 0.25) is 5.91 Å². The van der Waals surface area contributed by atoms with Gasteiger partial charge >= 0.3 is 0 Å². The Morgan fingerprint density at radius 3 is 2.56 bits per heavy atom. The van der Waals surface area contributed by atoms with E-state index in [4.69, 9.17) is 0 Å². The Morgan fingerprint density at radius 1 is 1.28 bits per heavy atom. The van der Waals surface area contributed by atoms with Gasteiger partial charge in [0.25, 0.3) is 0 Å². The zero-order chi connectivity index (χ0) is 13.0. The molecule has 1 aliphatic carbocycles. The monoisotopic (exact) mass is 253 g/mol. The fraction of sp³-hybridized carbons (Fsp3) is 0.929. The molecule has 104 valence electrons. The summed E-state index contributed by atoms with van der Waals surface area (Å²) in [4.78, 5) is 13.9. The lowest BCUT2D eigenvalue weighted by Gasteiger charge is -2.33. The molecule has 1 atom stereocenters. The van der Waals surface area contributed by atoms with Crippen LogP contribution in [0.1, 0.15) is 39.0 Å². The Labute approximate surface area is 110 Å². The molecule has 0 aromatic rings. The summed E-state index contributed by atoms with van der Waals surface area (Å²) in [6, 6.07) is 1.02. The van der Waals surface area contributed by atoms with Crippen molar-refractivity contribution >= 4 is 5.91 Å². The van der Waals surface area contributed by atoms with Crippen LogP contribution in [0.2, 0.25) is 0 Å². The van der Waals surface area contributed by atoms with Crippen LogP contribution in [0.5, 0.6) is 0 Å². The van der Waals surface area contributed by atoms with Gasteiger partial charge in [0, 0.05) is 25.0 Å². The number of likely N-dealkylation sites (tertiary alicyclic amines) is 1. The highest BCUT2D eigenvalue weighted by molar-refractivity contribution is 5.76. The van der Waals surface area contributed by atoms with E-state index in [1.165, 1.54) is 38.8 Å². The van der Waals surface area contributed by atoms with Crippen molar-refractivity contribution in [2.45, 2.75) is 51.1 Å². The maximum absolute atomic E-state index is 11.5. The maximum Gasteiger partial charge on any atom is 0.221 e. The first-order valence-electron chi connectivity index (χ1n) is 7.36. The Hall–Kier alpha value is -0.610. The van der Waals surface area contributed by atoms with E-state index in [1.54, 1.807) is 0 Å². The molecular formula is C14H27N3O. The number of piperidine rings is 1. The molecule has 0 radical (unpaired) electrons. The molecule has 0 aromatic carbocycles. The van der Waals surface area contributed by atoms with Crippen LogP contribution in [0, 0.1) is 5.92 Å². The third kappa shape index (κ3) is 4.58. The number of nitrogens with zero attached hydrogens (tertiary/aromatic N) is 1. The molecule has 1 unspecified atom stereocenters. The zero-order valence-electron chi connectivity index (χ0n) is 11.7. The first-order chi connectivity index (χ1) is 8.65. The molecular weight excluding hydrogens is 226 g/mol. The van der Waals surface area contributed by atoms with E-state index in [9.17, 15) is 4.79 Å². The summed E-state index contributed by atoms with van der Waals surface area (Å²) in [5.41, 5.74) is 0. The standard InChI is InChI=1S/C14H27N3O/c1-11(12-6-9-17(2)10-7-12)15-8-5-14(18)16-13-3-4-13/h11-13,15H,3-10H2,1-2H3,(H,16,18). The molecule has 0 spiro atoms. The van der Waals surface area contributed by atoms with Crippen LogP contribution in [-0.2, 0) is 4.79 Å². The van der Waals surface area contributed by atoms with Crippen LogP contribution < -0.4 is 10.6 Å². The zero-order valence-corrected chi connectivity index (χ0v) is 11.7. The lowest BCUT2D eigenvalue weighted by atomic mass is 9.90. The summed E-state index contributed by atoms with van der Waals surface area (Å²) in [5, 5.41) is 6.54. The highest BCUT2D eigenvalue weighted by Crippen LogP contribution is 2.20. The van der Waals surface area contributed by atoms with Gasteiger partial charge in [-0.05, 0) is 58.7 Å². The molecule has 2 N–H and O–H groups in total. The van der Waals surface area contributed by atoms with E-state index in [0.717, 1.165) is 12.5 Å². The number of amides is 1. The highest BCUT2D eigenvalue weighted by Gasteiger charge is 2.24. The third-order valence-electron chi connectivity index (χ3n) is 4.23. The topological polar surface area (TPSA) is 44.4 Å². The number of hydrogen-bond donors (Lipinski definition) is 2. The summed E-state index contributed by atoms with van der Waals surface area (Å²) in [7, 11) is 2.19. The van der Waals surface area contributed by atoms with Gasteiger partial charge in [0.15, 0.2) is 0 Å². The van der Waals surface area contributed by atoms with E-state index >= 15 is 0 Å². The summed E-state index contributed by atoms with van der Waals surface area (Å²) >= 11 is 0. The Morgan fingerprint density at radius 2 is 1.94 bits per heavy atom. The van der Waals surface area contributed by atoms with Crippen LogP contribution in [0.15, 0.2) is 0 Å². The molecule has 18 heavy (non-hydrogen) atoms. The first kappa shape index (κ1) is 13.8. The summed E-state index contributed by atoms with van der Waals surface area (Å²) in [6.07, 6.45) is 5.52. The van der Waals surface area contributed by atoms with Crippen LogP contribution in [0.3, 0.4) is 0 Å². The van der Waals surface area contributed by atoms with Gasteiger partial charge < -0.3 is 15.5 Å². The minimum Gasteiger partial charge on any atom is -0.353 e. The summed E-state index contributed by atoms with van der Waals surface area (Å²) in [6.45, 7) is 5.48. The molecule has 2 aliphatic rings. The molecule has 0 aromatic heterocycles. The summed E-state index contributed by atoms with van der Waals surface area (Å²) < 4.78 is 0. The molecule has 0 bridgehead atoms. The second kappa shape index (κ2) is 6.53. The quantitative estimate of drug-likeness (QED) is 0.741. The smallest absolute Gasteiger partial charge is 0.221 e. The van der Waals surface area contributed by atoms with Crippen LogP contribution in [-0.4, -0.2) is 49.6 Å². The van der Waals surface area contributed by atoms with Gasteiger partial charge in [-0.2, -0.15) is 0 Å². The third-order valence-corrected chi connectivity index (χ3v) is 4.23. The SMILES string of the molecule is CC(NCCC(=O)NC1CC1)C1CCN(C)CC1. The Balaban J connectivity index is 1.56. The van der Waals surface area contributed by atoms with Crippen molar-refractivity contribution in [2.75, 3.05) is 26.7 Å². The average Bonchev–Trinajstić information content (AvgIpc) is 3.13. The maximum atomic E-state index is 11.5. The van der Waals surface area contributed by atoms with Gasteiger partial charge in [-0.15, -0.1) is 0 Å². The molecule has 1 heterocycles. The van der Waals surface area contributed by atoms with Crippen LogP contribution in [0.4, 0.5) is 0 Å². The van der Waals surface area contributed by atoms with Crippen molar-refractivity contribution in [1.82, 2.24) is 15.5 Å². The van der Waals surface area contributed by atoms with E-state index in [-0.39, 0.29) is 5.91 Å². The average molecular weight is 253 g/mol. The first-order valence-corrected chi connectivity index (χ1v) is 7.36. The number of carbonyl (C=O) groups excluding carboxylic acids is 1. The number of nitrogens with one attached hydrogen (secondary N) is 2. The predicted molar refractivity (Wildman–Crippen MR) is 73.5 cm³/mol. The fourth-order valence-electron chi connectivity index (χ4n) is 2.64. The number of hydrogen-bond acceptors (Lipinski definition) is 3. The van der Waals surface area contributed by atoms with Gasteiger partial charge in [0.1, 0.15) is 0 Å². The number of carbonyl (C=O) groups is 1. The van der Waals surface area contributed by atoms with E-state index < -0.39 is 0 Å². The van der Waals surface area contributed by atoms with Crippen molar-refractivity contribution in [1.29, 1.82) is 0 Å². The van der Waals surface area contributed by atoms with Crippen LogP contribution >= 0.6 is 0 Å². The van der Waals surface area contributed by atoms with E-state index in [2.05, 4.69) is 29.5 Å². The van der Waals surface area contributed by atoms with Gasteiger partial charge in [-0.1, -0.05) is 0 Å². The molecule has 2 fully saturated rings. The van der Waals surface area contributed by atoms with Gasteiger partial charge in [-0.3, -0.25) is 4.79 Å². The second-order valence-corrected chi connectivity index (χ2v) is 5.98. The van der Waals surface area contributed by atoms with Gasteiger partial charge in [-0.25, -0.2) is 0 Å². The minimum atomic E-state index is 0.209. The highest BCUT2D eigenvalue weighted by atomic mass is 16.1. The predicted octanol–water partition coefficient (Wildman–Crippen LogP) is 0.975. The second-order valence-electron chi connectivity index (χ2n) is 5.98. The van der Waals surface area contributed by atoms with Crippen molar-refractivity contribution in [2.24, 2.45) is 5.92 Å². The molecule has 1 saturated heterocycles. The molecule has 2 rings (SSSR count). The van der Waals surface area contributed by atoms with Crippen molar-refractivity contribution in [3.63, 3.8) is 0 Å². The van der Waals surface area contributed by atoms with Gasteiger partial charge in [0.05, 0.1) is 0 Å². The lowest BCUT2D eigenvalue weighted by Crippen LogP contribution is -2.41. The Bertz CT molecular complexity index is 270. The van der Waals surface area contributed by atoms with Crippen LogP contribution in [0.25, 0.3) is 0 Å². The number of rotatable bonds is 6. The minimum absolute atomic E-state index is 0.209. The Kier molecular flexibility index (Phi) is 5.01. The fourth-order valence-corrected chi connectivity index (χ4v) is 2.64. The van der Waals surface area contributed by atoms with Crippen molar-refractivity contribution in [3.05, 3.63) is 0 Å². The molecule has 4 heteroatoms. The van der Waals surface area contributed by atoms with Crippen molar-refractivity contribution in [3.8, 4) is 0 Å². The molecule has 1 amide bonds. The molecule has 4 nitrogen and oxygen atoms in total. The summed E-state index contributed by atoms with van der Waals surface area (Å²) in [5.74, 6) is 0.980. The van der Waals surface area contributed by atoms with E-state index in [1.807, 2.05) is 0 Å². The lowest BCUT2D eigenvalue weighted by molar-refractivity contribution is -0.121. The largest absolute Gasteiger partial charge is 0.353 e.